The van der Waals surface area contributed by atoms with E-state index in [1.165, 1.54) is 11.1 Å². The fourth-order valence-corrected chi connectivity index (χ4v) is 2.78. The van der Waals surface area contributed by atoms with E-state index in [9.17, 15) is 9.59 Å². The quantitative estimate of drug-likeness (QED) is 0.750. The molecule has 0 saturated carbocycles. The molecule has 1 amide bonds. The lowest BCUT2D eigenvalue weighted by atomic mass is 9.81. The van der Waals surface area contributed by atoms with E-state index in [1.54, 1.807) is 0 Å². The zero-order valence-corrected chi connectivity index (χ0v) is 12.0. The second kappa shape index (κ2) is 7.78. The van der Waals surface area contributed by atoms with Crippen LogP contribution in [0, 0.1) is 0 Å². The number of hydrogen-bond donors (Lipinski definition) is 2. The average molecular weight is 291 g/mol. The predicted molar refractivity (Wildman–Crippen MR) is 78.2 cm³/mol. The van der Waals surface area contributed by atoms with Gasteiger partial charge in [-0.25, -0.2) is 4.79 Å². The second-order valence-electron chi connectivity index (χ2n) is 5.29. The number of ether oxygens (including phenoxy) is 1. The van der Waals surface area contributed by atoms with E-state index in [2.05, 4.69) is 17.4 Å². The normalized spacial score (nSPS) is 17.0. The molecule has 1 aliphatic carbocycles. The zero-order valence-electron chi connectivity index (χ0n) is 12.0. The lowest BCUT2D eigenvalue weighted by Crippen LogP contribution is -2.29. The molecule has 114 valence electrons. The van der Waals surface area contributed by atoms with Gasteiger partial charge in [-0.2, -0.15) is 0 Å². The molecule has 1 aromatic carbocycles. The number of carboxylic acids is 1. The van der Waals surface area contributed by atoms with Gasteiger partial charge in [-0.3, -0.25) is 4.79 Å². The van der Waals surface area contributed by atoms with Crippen LogP contribution in [0.4, 0.5) is 0 Å². The number of benzene rings is 1. The first-order chi connectivity index (χ1) is 10.2. The fraction of sp³-hybridized carbons (Fsp3) is 0.500. The number of hydrogen-bond acceptors (Lipinski definition) is 3. The van der Waals surface area contributed by atoms with E-state index in [0.717, 1.165) is 19.3 Å². The maximum absolute atomic E-state index is 11.9. The number of nitrogens with one attached hydrogen (secondary N) is 1. The molecule has 0 bridgehead atoms. The van der Waals surface area contributed by atoms with Gasteiger partial charge in [0.1, 0.15) is 6.61 Å². The minimum absolute atomic E-state index is 0.00405. The third-order valence-corrected chi connectivity index (χ3v) is 3.72. The molecule has 21 heavy (non-hydrogen) atoms. The summed E-state index contributed by atoms with van der Waals surface area (Å²) in [5.41, 5.74) is 2.65. The van der Waals surface area contributed by atoms with Crippen LogP contribution in [0.5, 0.6) is 0 Å². The van der Waals surface area contributed by atoms with Crippen LogP contribution in [0.2, 0.25) is 0 Å². The van der Waals surface area contributed by atoms with Crippen LogP contribution in [0.15, 0.2) is 24.3 Å². The smallest absolute Gasteiger partial charge is 0.329 e. The van der Waals surface area contributed by atoms with Crippen molar-refractivity contribution in [1.82, 2.24) is 5.32 Å². The zero-order chi connectivity index (χ0) is 15.1. The summed E-state index contributed by atoms with van der Waals surface area (Å²) in [6.07, 6.45) is 3.74. The molecule has 0 fully saturated rings. The van der Waals surface area contributed by atoms with E-state index in [0.29, 0.717) is 13.0 Å². The van der Waals surface area contributed by atoms with Crippen LogP contribution >= 0.6 is 0 Å². The van der Waals surface area contributed by atoms with Crippen molar-refractivity contribution in [3.63, 3.8) is 0 Å². The van der Waals surface area contributed by atoms with Gasteiger partial charge < -0.3 is 15.2 Å². The molecule has 0 radical (unpaired) electrons. The van der Waals surface area contributed by atoms with E-state index in [4.69, 9.17) is 9.84 Å². The summed E-state index contributed by atoms with van der Waals surface area (Å²) in [5, 5.41) is 11.2. The highest BCUT2D eigenvalue weighted by Gasteiger charge is 2.21. The topological polar surface area (TPSA) is 75.6 Å². The molecule has 2 rings (SSSR count). The molecular formula is C16H21NO4. The van der Waals surface area contributed by atoms with Gasteiger partial charge in [0.25, 0.3) is 0 Å². The second-order valence-corrected chi connectivity index (χ2v) is 5.29. The van der Waals surface area contributed by atoms with Crippen LogP contribution in [-0.4, -0.2) is 36.7 Å². The van der Waals surface area contributed by atoms with Gasteiger partial charge in [-0.1, -0.05) is 24.3 Å². The number of amides is 1. The number of fused-ring (bicyclic) bond motifs is 1. The Labute approximate surface area is 124 Å². The number of aliphatic carboxylic acids is 1. The number of aryl methyl sites for hydroxylation is 1. The number of carbonyl (C=O) groups is 2. The lowest BCUT2D eigenvalue weighted by Gasteiger charge is -2.25. The minimum Gasteiger partial charge on any atom is -0.480 e. The third-order valence-electron chi connectivity index (χ3n) is 3.72. The first-order valence-electron chi connectivity index (χ1n) is 7.31. The van der Waals surface area contributed by atoms with Crippen LogP contribution in [-0.2, 0) is 20.7 Å². The Hall–Kier alpha value is -1.88. The van der Waals surface area contributed by atoms with E-state index >= 15 is 0 Å². The summed E-state index contributed by atoms with van der Waals surface area (Å²) in [4.78, 5) is 22.2. The third kappa shape index (κ3) is 4.86. The maximum Gasteiger partial charge on any atom is 0.329 e. The summed E-state index contributed by atoms with van der Waals surface area (Å²) in [7, 11) is 0. The van der Waals surface area contributed by atoms with E-state index in [-0.39, 0.29) is 25.0 Å². The standard InChI is InChI=1S/C16H21NO4/c18-15(17-8-9-21-11-16(19)20)10-13-6-3-5-12-4-1-2-7-14(12)13/h1-2,4,7,13H,3,5-6,8-11H2,(H,17,18)(H,19,20). The SMILES string of the molecule is O=C(O)COCCNC(=O)CC1CCCc2ccccc21. The number of rotatable bonds is 7. The molecule has 1 unspecified atom stereocenters. The van der Waals surface area contributed by atoms with Crippen LogP contribution < -0.4 is 5.32 Å². The highest BCUT2D eigenvalue weighted by Crippen LogP contribution is 2.33. The van der Waals surface area contributed by atoms with Gasteiger partial charge in [-0.15, -0.1) is 0 Å². The Kier molecular flexibility index (Phi) is 5.75. The first kappa shape index (κ1) is 15.5. The summed E-state index contributed by atoms with van der Waals surface area (Å²) in [6, 6.07) is 8.32. The summed E-state index contributed by atoms with van der Waals surface area (Å²) in [6.45, 7) is 0.242. The van der Waals surface area contributed by atoms with Gasteiger partial charge in [0.15, 0.2) is 0 Å². The molecule has 0 spiro atoms. The van der Waals surface area contributed by atoms with Crippen molar-refractivity contribution in [1.29, 1.82) is 0 Å². The Morgan fingerprint density at radius 1 is 1.33 bits per heavy atom. The molecule has 0 aromatic heterocycles. The fourth-order valence-electron chi connectivity index (χ4n) is 2.78. The Balaban J connectivity index is 1.75. The summed E-state index contributed by atoms with van der Waals surface area (Å²) in [5.74, 6) is -0.717. The molecule has 2 N–H and O–H groups in total. The van der Waals surface area contributed by atoms with Crippen molar-refractivity contribution < 1.29 is 19.4 Å². The molecule has 0 heterocycles. The highest BCUT2D eigenvalue weighted by atomic mass is 16.5. The molecule has 0 aliphatic heterocycles. The van der Waals surface area contributed by atoms with Crippen molar-refractivity contribution in [3.05, 3.63) is 35.4 Å². The van der Waals surface area contributed by atoms with E-state index < -0.39 is 5.97 Å². The summed E-state index contributed by atoms with van der Waals surface area (Å²) >= 11 is 0. The van der Waals surface area contributed by atoms with Crippen molar-refractivity contribution in [2.45, 2.75) is 31.6 Å². The highest BCUT2D eigenvalue weighted by molar-refractivity contribution is 5.77. The summed E-state index contributed by atoms with van der Waals surface area (Å²) < 4.78 is 4.88. The average Bonchev–Trinajstić information content (AvgIpc) is 2.47. The largest absolute Gasteiger partial charge is 0.480 e. The van der Waals surface area contributed by atoms with Crippen molar-refractivity contribution in [2.24, 2.45) is 0 Å². The van der Waals surface area contributed by atoms with Gasteiger partial charge in [-0.05, 0) is 36.3 Å². The minimum atomic E-state index is -1.000. The van der Waals surface area contributed by atoms with Gasteiger partial charge in [0, 0.05) is 13.0 Å². The molecule has 1 atom stereocenters. The Morgan fingerprint density at radius 3 is 2.95 bits per heavy atom. The van der Waals surface area contributed by atoms with Gasteiger partial charge in [0.2, 0.25) is 5.91 Å². The molecular weight excluding hydrogens is 270 g/mol. The first-order valence-corrected chi connectivity index (χ1v) is 7.31. The lowest BCUT2D eigenvalue weighted by molar-refractivity contribution is -0.142. The van der Waals surface area contributed by atoms with Gasteiger partial charge in [0.05, 0.1) is 6.61 Å². The van der Waals surface area contributed by atoms with Crippen LogP contribution in [0.25, 0.3) is 0 Å². The molecule has 1 aliphatic rings. The Morgan fingerprint density at radius 2 is 2.14 bits per heavy atom. The Bertz CT molecular complexity index is 501. The molecule has 1 aromatic rings. The molecule has 0 saturated heterocycles. The maximum atomic E-state index is 11.9. The number of carboxylic acid groups (broad SMARTS) is 1. The monoisotopic (exact) mass is 291 g/mol. The van der Waals surface area contributed by atoms with E-state index in [1.807, 2.05) is 12.1 Å². The van der Waals surface area contributed by atoms with Crippen molar-refractivity contribution >= 4 is 11.9 Å². The van der Waals surface area contributed by atoms with Crippen LogP contribution in [0.1, 0.15) is 36.3 Å². The molecule has 5 nitrogen and oxygen atoms in total. The van der Waals surface area contributed by atoms with Crippen molar-refractivity contribution in [3.8, 4) is 0 Å². The number of carbonyl (C=O) groups excluding carboxylic acids is 1. The van der Waals surface area contributed by atoms with Crippen molar-refractivity contribution in [2.75, 3.05) is 19.8 Å². The van der Waals surface area contributed by atoms with Crippen LogP contribution in [0.3, 0.4) is 0 Å². The predicted octanol–water partition coefficient (Wildman–Crippen LogP) is 1.71. The van der Waals surface area contributed by atoms with Gasteiger partial charge >= 0.3 is 5.97 Å². The molecule has 5 heteroatoms.